The molecule has 1 aromatic heterocycles. The Hall–Kier alpha value is -2.07. The van der Waals surface area contributed by atoms with Gasteiger partial charge in [-0.2, -0.15) is 0 Å². The number of nitrogens with one attached hydrogen (secondary N) is 2. The van der Waals surface area contributed by atoms with Crippen LogP contribution in [-0.4, -0.2) is 43.9 Å². The van der Waals surface area contributed by atoms with Crippen molar-refractivity contribution in [3.63, 3.8) is 0 Å². The number of nitrogens with zero attached hydrogens (tertiary/aromatic N) is 2. The van der Waals surface area contributed by atoms with Gasteiger partial charge in [0.25, 0.3) is 0 Å². The monoisotopic (exact) mass is 512 g/mol. The summed E-state index contributed by atoms with van der Waals surface area (Å²) in [6.45, 7) is 5.03. The number of ether oxygens (including phenoxy) is 3. The first kappa shape index (κ1) is 23.2. The second-order valence-corrected chi connectivity index (χ2v) is 6.49. The van der Waals surface area contributed by atoms with Gasteiger partial charge >= 0.3 is 0 Å². The van der Waals surface area contributed by atoms with Crippen LogP contribution in [0.5, 0.6) is 17.4 Å². The van der Waals surface area contributed by atoms with Crippen molar-refractivity contribution in [1.82, 2.24) is 15.6 Å². The standard InChI is InChI=1S/C21H28N4O3.HI/c1-3-22-21(25-15-19-5-4-12-27-19)24-14-16-6-11-20(23-13-16)28-18-9-7-17(26-2)8-10-18;/h6-11,13,19H,3-5,12,14-15H2,1-2H3,(H2,22,24,25);1H. The van der Waals surface area contributed by atoms with E-state index in [1.54, 1.807) is 13.3 Å². The van der Waals surface area contributed by atoms with E-state index in [0.717, 1.165) is 49.8 Å². The molecule has 2 aromatic rings. The molecule has 0 bridgehead atoms. The van der Waals surface area contributed by atoms with Gasteiger partial charge in [-0.05, 0) is 49.6 Å². The zero-order chi connectivity index (χ0) is 19.6. The Morgan fingerprint density at radius 2 is 1.97 bits per heavy atom. The molecular formula is C21H29IN4O3. The number of benzene rings is 1. The van der Waals surface area contributed by atoms with Crippen LogP contribution in [0.3, 0.4) is 0 Å². The second kappa shape index (κ2) is 12.5. The van der Waals surface area contributed by atoms with Gasteiger partial charge in [-0.3, -0.25) is 0 Å². The highest BCUT2D eigenvalue weighted by atomic mass is 127. The first-order chi connectivity index (χ1) is 13.8. The lowest BCUT2D eigenvalue weighted by Gasteiger charge is -2.14. The summed E-state index contributed by atoms with van der Waals surface area (Å²) in [5, 5.41) is 6.60. The average Bonchev–Trinajstić information content (AvgIpc) is 3.25. The van der Waals surface area contributed by atoms with Crippen LogP contribution >= 0.6 is 24.0 Å². The number of halogens is 1. The van der Waals surface area contributed by atoms with Crippen LogP contribution in [0.15, 0.2) is 47.6 Å². The molecule has 2 N–H and O–H groups in total. The van der Waals surface area contributed by atoms with Crippen LogP contribution in [0, 0.1) is 0 Å². The minimum absolute atomic E-state index is 0. The van der Waals surface area contributed by atoms with E-state index in [-0.39, 0.29) is 30.1 Å². The third-order valence-corrected chi connectivity index (χ3v) is 4.36. The van der Waals surface area contributed by atoms with Gasteiger partial charge in [0.05, 0.1) is 19.8 Å². The number of hydrogen-bond donors (Lipinski definition) is 2. The smallest absolute Gasteiger partial charge is 0.219 e. The molecule has 0 radical (unpaired) electrons. The largest absolute Gasteiger partial charge is 0.497 e. The van der Waals surface area contributed by atoms with Crippen molar-refractivity contribution in [2.24, 2.45) is 4.99 Å². The molecule has 8 heteroatoms. The summed E-state index contributed by atoms with van der Waals surface area (Å²) in [5.74, 6) is 2.84. The van der Waals surface area contributed by atoms with Gasteiger partial charge < -0.3 is 24.8 Å². The molecule has 2 heterocycles. The molecule has 0 aliphatic carbocycles. The predicted octanol–water partition coefficient (Wildman–Crippen LogP) is 3.73. The lowest BCUT2D eigenvalue weighted by Crippen LogP contribution is -2.41. The minimum atomic E-state index is 0. The number of aromatic nitrogens is 1. The van der Waals surface area contributed by atoms with E-state index in [2.05, 4.69) is 27.5 Å². The summed E-state index contributed by atoms with van der Waals surface area (Å²) < 4.78 is 16.5. The van der Waals surface area contributed by atoms with Crippen molar-refractivity contribution in [3.05, 3.63) is 48.2 Å². The Balaban J connectivity index is 0.00000300. The van der Waals surface area contributed by atoms with Crippen molar-refractivity contribution in [3.8, 4) is 17.4 Å². The molecule has 0 saturated carbocycles. The van der Waals surface area contributed by atoms with E-state index in [1.807, 2.05) is 36.4 Å². The summed E-state index contributed by atoms with van der Waals surface area (Å²) in [6.07, 6.45) is 4.30. The zero-order valence-corrected chi connectivity index (χ0v) is 19.2. The van der Waals surface area contributed by atoms with Crippen LogP contribution in [-0.2, 0) is 11.3 Å². The fourth-order valence-electron chi connectivity index (χ4n) is 2.86. The quantitative estimate of drug-likeness (QED) is 0.319. The third-order valence-electron chi connectivity index (χ3n) is 4.36. The van der Waals surface area contributed by atoms with Gasteiger partial charge in [0.15, 0.2) is 5.96 Å². The summed E-state index contributed by atoms with van der Waals surface area (Å²) in [7, 11) is 1.64. The minimum Gasteiger partial charge on any atom is -0.497 e. The van der Waals surface area contributed by atoms with Crippen molar-refractivity contribution in [1.29, 1.82) is 0 Å². The van der Waals surface area contributed by atoms with Gasteiger partial charge in [0, 0.05) is 32.0 Å². The van der Waals surface area contributed by atoms with Crippen LogP contribution in [0.1, 0.15) is 25.3 Å². The topological polar surface area (TPSA) is 77.0 Å². The molecular weight excluding hydrogens is 483 g/mol. The number of rotatable bonds is 8. The Morgan fingerprint density at radius 1 is 1.17 bits per heavy atom. The Kier molecular flexibility index (Phi) is 9.99. The van der Waals surface area contributed by atoms with E-state index in [9.17, 15) is 0 Å². The highest BCUT2D eigenvalue weighted by Crippen LogP contribution is 2.22. The summed E-state index contributed by atoms with van der Waals surface area (Å²) in [4.78, 5) is 8.99. The predicted molar refractivity (Wildman–Crippen MR) is 125 cm³/mol. The van der Waals surface area contributed by atoms with E-state index in [4.69, 9.17) is 14.2 Å². The molecule has 29 heavy (non-hydrogen) atoms. The van der Waals surface area contributed by atoms with Crippen molar-refractivity contribution in [2.45, 2.75) is 32.4 Å². The molecule has 1 saturated heterocycles. The van der Waals surface area contributed by atoms with E-state index < -0.39 is 0 Å². The van der Waals surface area contributed by atoms with Gasteiger partial charge in [-0.25, -0.2) is 9.98 Å². The summed E-state index contributed by atoms with van der Waals surface area (Å²) >= 11 is 0. The summed E-state index contributed by atoms with van der Waals surface area (Å²) in [6, 6.07) is 11.2. The molecule has 3 rings (SSSR count). The van der Waals surface area contributed by atoms with Crippen LogP contribution in [0.4, 0.5) is 0 Å². The normalized spacial score (nSPS) is 16.1. The van der Waals surface area contributed by atoms with E-state index >= 15 is 0 Å². The van der Waals surface area contributed by atoms with Crippen molar-refractivity contribution < 1.29 is 14.2 Å². The molecule has 0 spiro atoms. The molecule has 7 nitrogen and oxygen atoms in total. The highest BCUT2D eigenvalue weighted by molar-refractivity contribution is 14.0. The number of guanidine groups is 1. The molecule has 1 aromatic carbocycles. The zero-order valence-electron chi connectivity index (χ0n) is 16.9. The Labute approximate surface area is 189 Å². The summed E-state index contributed by atoms with van der Waals surface area (Å²) in [5.41, 5.74) is 1.01. The van der Waals surface area contributed by atoms with Crippen molar-refractivity contribution in [2.75, 3.05) is 26.8 Å². The maximum Gasteiger partial charge on any atom is 0.219 e. The fourth-order valence-corrected chi connectivity index (χ4v) is 2.86. The van der Waals surface area contributed by atoms with Gasteiger partial charge in [0.2, 0.25) is 5.88 Å². The molecule has 1 aliphatic rings. The van der Waals surface area contributed by atoms with Crippen LogP contribution < -0.4 is 20.1 Å². The second-order valence-electron chi connectivity index (χ2n) is 6.49. The van der Waals surface area contributed by atoms with Gasteiger partial charge in [-0.1, -0.05) is 6.07 Å². The van der Waals surface area contributed by atoms with Gasteiger partial charge in [-0.15, -0.1) is 24.0 Å². The van der Waals surface area contributed by atoms with Gasteiger partial charge in [0.1, 0.15) is 11.5 Å². The number of aliphatic imine (C=N–C) groups is 1. The molecule has 1 unspecified atom stereocenters. The van der Waals surface area contributed by atoms with E-state index in [0.29, 0.717) is 18.2 Å². The molecule has 1 fully saturated rings. The SMILES string of the molecule is CCNC(=NCc1ccc(Oc2ccc(OC)cc2)nc1)NCC1CCCO1.I. The Bertz CT molecular complexity index is 748. The fraction of sp³-hybridized carbons (Fsp3) is 0.429. The lowest BCUT2D eigenvalue weighted by molar-refractivity contribution is 0.114. The van der Waals surface area contributed by atoms with Crippen LogP contribution in [0.25, 0.3) is 0 Å². The first-order valence-electron chi connectivity index (χ1n) is 9.67. The average molecular weight is 512 g/mol. The molecule has 1 aliphatic heterocycles. The highest BCUT2D eigenvalue weighted by Gasteiger charge is 2.15. The van der Waals surface area contributed by atoms with Crippen LogP contribution in [0.2, 0.25) is 0 Å². The maximum atomic E-state index is 5.75. The molecule has 0 amide bonds. The molecule has 158 valence electrons. The molecule has 1 atom stereocenters. The number of methoxy groups -OCH3 is 1. The number of pyridine rings is 1. The Morgan fingerprint density at radius 3 is 2.59 bits per heavy atom. The van der Waals surface area contributed by atoms with E-state index in [1.165, 1.54) is 0 Å². The number of hydrogen-bond acceptors (Lipinski definition) is 5. The maximum absolute atomic E-state index is 5.75. The lowest BCUT2D eigenvalue weighted by atomic mass is 10.2. The van der Waals surface area contributed by atoms with Crippen molar-refractivity contribution >= 4 is 29.9 Å². The first-order valence-corrected chi connectivity index (χ1v) is 9.67. The third kappa shape index (κ3) is 7.69.